The first-order valence-electron chi connectivity index (χ1n) is 11.4. The summed E-state index contributed by atoms with van der Waals surface area (Å²) in [7, 11) is 3.55. The molecule has 3 aromatic rings. The standard InChI is InChI=1S/C27H31FN2O2S/c1-29(27(31)26-8-5-17-33-26)25(18-22-6-3-4-7-24(22)28)21-13-15-30(16-14-21)19-20-9-11-23(32-2)12-10-20/h3-12,17,21,25H,13-16,18-19H2,1-2H3/t25-/m1/s1. The van der Waals surface area contributed by atoms with Gasteiger partial charge >= 0.3 is 0 Å². The number of likely N-dealkylation sites (N-methyl/N-ethyl adjacent to an activating group) is 1. The Morgan fingerprint density at radius 1 is 1.12 bits per heavy atom. The van der Waals surface area contributed by atoms with Crippen molar-refractivity contribution in [2.45, 2.75) is 31.8 Å². The largest absolute Gasteiger partial charge is 0.497 e. The molecule has 4 rings (SSSR count). The highest BCUT2D eigenvalue weighted by Crippen LogP contribution is 2.29. The maximum absolute atomic E-state index is 14.5. The van der Waals surface area contributed by atoms with Crippen LogP contribution >= 0.6 is 11.3 Å². The van der Waals surface area contributed by atoms with Gasteiger partial charge in [-0.1, -0.05) is 36.4 Å². The number of ether oxygens (including phenoxy) is 1. The predicted molar refractivity (Wildman–Crippen MR) is 131 cm³/mol. The van der Waals surface area contributed by atoms with E-state index in [0.29, 0.717) is 17.9 Å². The lowest BCUT2D eigenvalue weighted by Gasteiger charge is -2.40. The van der Waals surface area contributed by atoms with Crippen molar-refractivity contribution < 1.29 is 13.9 Å². The van der Waals surface area contributed by atoms with Gasteiger partial charge in [0.1, 0.15) is 11.6 Å². The number of rotatable bonds is 8. The SMILES string of the molecule is COc1ccc(CN2CCC([C@@H](Cc3ccccc3F)N(C)C(=O)c3cccs3)CC2)cc1. The van der Waals surface area contributed by atoms with Crippen LogP contribution in [0.2, 0.25) is 0 Å². The first-order valence-corrected chi connectivity index (χ1v) is 12.3. The van der Waals surface area contributed by atoms with Crippen LogP contribution < -0.4 is 4.74 Å². The number of likely N-dealkylation sites (tertiary alicyclic amines) is 1. The van der Waals surface area contributed by atoms with Crippen LogP contribution in [0.25, 0.3) is 0 Å². The van der Waals surface area contributed by atoms with Gasteiger partial charge in [0.15, 0.2) is 0 Å². The predicted octanol–water partition coefficient (Wildman–Crippen LogP) is 5.49. The Labute approximate surface area is 199 Å². The number of benzene rings is 2. The minimum Gasteiger partial charge on any atom is -0.497 e. The zero-order chi connectivity index (χ0) is 23.2. The molecular weight excluding hydrogens is 435 g/mol. The van der Waals surface area contributed by atoms with E-state index in [1.165, 1.54) is 23.0 Å². The van der Waals surface area contributed by atoms with Gasteiger partial charge in [0.25, 0.3) is 5.91 Å². The van der Waals surface area contributed by atoms with Crippen LogP contribution in [0.15, 0.2) is 66.0 Å². The summed E-state index contributed by atoms with van der Waals surface area (Å²) in [5.41, 5.74) is 1.94. The normalized spacial score (nSPS) is 15.8. The van der Waals surface area contributed by atoms with Crippen LogP contribution in [0.3, 0.4) is 0 Å². The van der Waals surface area contributed by atoms with Gasteiger partial charge in [-0.15, -0.1) is 11.3 Å². The smallest absolute Gasteiger partial charge is 0.263 e. The van der Waals surface area contributed by atoms with Gasteiger partial charge in [-0.05, 0) is 79.0 Å². The molecule has 0 bridgehead atoms. The third-order valence-corrected chi connectivity index (χ3v) is 7.54. The fourth-order valence-electron chi connectivity index (χ4n) is 4.72. The summed E-state index contributed by atoms with van der Waals surface area (Å²) in [4.78, 5) is 18.2. The second kappa shape index (κ2) is 10.9. The van der Waals surface area contributed by atoms with Crippen molar-refractivity contribution in [3.63, 3.8) is 0 Å². The Morgan fingerprint density at radius 2 is 1.85 bits per heavy atom. The molecule has 0 radical (unpaired) electrons. The average molecular weight is 467 g/mol. The summed E-state index contributed by atoms with van der Waals surface area (Å²) >= 11 is 1.45. The number of halogens is 1. The molecule has 1 aliphatic rings. The van der Waals surface area contributed by atoms with Gasteiger partial charge in [0, 0.05) is 19.6 Å². The molecule has 33 heavy (non-hydrogen) atoms. The summed E-state index contributed by atoms with van der Waals surface area (Å²) in [5.74, 6) is 1.01. The highest BCUT2D eigenvalue weighted by Gasteiger charge is 2.32. The first kappa shape index (κ1) is 23.5. The first-order chi connectivity index (χ1) is 16.0. The number of thiophene rings is 1. The van der Waals surface area contributed by atoms with E-state index in [4.69, 9.17) is 4.74 Å². The fourth-order valence-corrected chi connectivity index (χ4v) is 5.42. The molecular formula is C27H31FN2O2S. The minimum absolute atomic E-state index is 0.0204. The summed E-state index contributed by atoms with van der Waals surface area (Å²) < 4.78 is 19.7. The maximum Gasteiger partial charge on any atom is 0.263 e. The summed E-state index contributed by atoms with van der Waals surface area (Å²) in [6, 6.07) is 18.9. The molecule has 4 nitrogen and oxygen atoms in total. The van der Waals surface area contributed by atoms with E-state index in [1.54, 1.807) is 13.2 Å². The number of hydrogen-bond donors (Lipinski definition) is 0. The fraction of sp³-hybridized carbons (Fsp3) is 0.370. The summed E-state index contributed by atoms with van der Waals surface area (Å²) in [6.45, 7) is 2.83. The third kappa shape index (κ3) is 5.81. The molecule has 1 aliphatic heterocycles. The number of amides is 1. The zero-order valence-electron chi connectivity index (χ0n) is 19.2. The van der Waals surface area contributed by atoms with Crippen molar-refractivity contribution in [2.75, 3.05) is 27.2 Å². The molecule has 0 spiro atoms. The lowest BCUT2D eigenvalue weighted by atomic mass is 9.84. The molecule has 1 amide bonds. The number of piperidine rings is 1. The van der Waals surface area contributed by atoms with E-state index in [0.717, 1.165) is 43.1 Å². The monoisotopic (exact) mass is 466 g/mol. The Hall–Kier alpha value is -2.70. The zero-order valence-corrected chi connectivity index (χ0v) is 20.1. The van der Waals surface area contributed by atoms with Crippen molar-refractivity contribution >= 4 is 17.2 Å². The molecule has 1 atom stereocenters. The van der Waals surface area contributed by atoms with E-state index in [-0.39, 0.29) is 17.8 Å². The van der Waals surface area contributed by atoms with Crippen LogP contribution in [0.4, 0.5) is 4.39 Å². The van der Waals surface area contributed by atoms with Crippen LogP contribution in [-0.4, -0.2) is 49.0 Å². The van der Waals surface area contributed by atoms with Gasteiger partial charge in [-0.3, -0.25) is 9.69 Å². The Morgan fingerprint density at radius 3 is 2.48 bits per heavy atom. The van der Waals surface area contributed by atoms with Crippen LogP contribution in [0, 0.1) is 11.7 Å². The van der Waals surface area contributed by atoms with Crippen molar-refractivity contribution in [1.82, 2.24) is 9.80 Å². The number of hydrogen-bond acceptors (Lipinski definition) is 4. The van der Waals surface area contributed by atoms with Crippen molar-refractivity contribution in [2.24, 2.45) is 5.92 Å². The number of methoxy groups -OCH3 is 1. The lowest BCUT2D eigenvalue weighted by molar-refractivity contribution is 0.0588. The second-order valence-electron chi connectivity index (χ2n) is 8.72. The molecule has 0 saturated carbocycles. The Kier molecular flexibility index (Phi) is 7.78. The van der Waals surface area contributed by atoms with Gasteiger partial charge in [0.2, 0.25) is 0 Å². The highest BCUT2D eigenvalue weighted by atomic mass is 32.1. The number of nitrogens with zero attached hydrogens (tertiary/aromatic N) is 2. The second-order valence-corrected chi connectivity index (χ2v) is 9.67. The van der Waals surface area contributed by atoms with E-state index < -0.39 is 0 Å². The van der Waals surface area contributed by atoms with E-state index in [2.05, 4.69) is 17.0 Å². The molecule has 2 aromatic carbocycles. The molecule has 1 saturated heterocycles. The molecule has 2 heterocycles. The Balaban J connectivity index is 1.45. The number of carbonyl (C=O) groups excluding carboxylic acids is 1. The lowest BCUT2D eigenvalue weighted by Crippen LogP contribution is -2.47. The molecule has 1 aromatic heterocycles. The van der Waals surface area contributed by atoms with Gasteiger partial charge < -0.3 is 9.64 Å². The van der Waals surface area contributed by atoms with Crippen molar-refractivity contribution in [1.29, 1.82) is 0 Å². The minimum atomic E-state index is -0.198. The molecule has 6 heteroatoms. The van der Waals surface area contributed by atoms with Gasteiger partial charge in [-0.2, -0.15) is 0 Å². The molecule has 0 N–H and O–H groups in total. The van der Waals surface area contributed by atoms with Crippen LogP contribution in [0.1, 0.15) is 33.6 Å². The van der Waals surface area contributed by atoms with E-state index in [9.17, 15) is 9.18 Å². The number of carbonyl (C=O) groups is 1. The third-order valence-electron chi connectivity index (χ3n) is 6.68. The van der Waals surface area contributed by atoms with Gasteiger partial charge in [-0.25, -0.2) is 4.39 Å². The van der Waals surface area contributed by atoms with E-state index in [1.807, 2.05) is 53.7 Å². The maximum atomic E-state index is 14.5. The van der Waals surface area contributed by atoms with Crippen molar-refractivity contribution in [3.8, 4) is 5.75 Å². The quantitative estimate of drug-likeness (QED) is 0.440. The van der Waals surface area contributed by atoms with Crippen LogP contribution in [-0.2, 0) is 13.0 Å². The van der Waals surface area contributed by atoms with Crippen LogP contribution in [0.5, 0.6) is 5.75 Å². The molecule has 0 unspecified atom stereocenters. The van der Waals surface area contributed by atoms with E-state index >= 15 is 0 Å². The molecule has 0 aliphatic carbocycles. The van der Waals surface area contributed by atoms with Gasteiger partial charge in [0.05, 0.1) is 12.0 Å². The molecule has 1 fully saturated rings. The highest BCUT2D eigenvalue weighted by molar-refractivity contribution is 7.12. The molecule has 174 valence electrons. The Bertz CT molecular complexity index is 1030. The topological polar surface area (TPSA) is 32.8 Å². The summed E-state index contributed by atoms with van der Waals surface area (Å²) in [6.07, 6.45) is 2.50. The van der Waals surface area contributed by atoms with Crippen molar-refractivity contribution in [3.05, 3.63) is 87.9 Å². The summed E-state index contributed by atoms with van der Waals surface area (Å²) in [5, 5.41) is 1.92. The average Bonchev–Trinajstić information content (AvgIpc) is 3.39.